The molecule has 0 aliphatic heterocycles. The number of ether oxygens (including phenoxy) is 1. The maximum absolute atomic E-state index is 13.5. The van der Waals surface area contributed by atoms with Gasteiger partial charge in [-0.1, -0.05) is 12.1 Å². The third-order valence-electron chi connectivity index (χ3n) is 4.16. The first kappa shape index (κ1) is 28.2. The van der Waals surface area contributed by atoms with Gasteiger partial charge in [-0.25, -0.2) is 4.79 Å². The highest BCUT2D eigenvalue weighted by Crippen LogP contribution is 2.26. The average Bonchev–Trinajstić information content (AvgIpc) is 2.63. The number of nitriles is 1. The minimum atomic E-state index is -1.50. The fourth-order valence-corrected chi connectivity index (χ4v) is 3.03. The number of carbonyl (C=O) groups is 4. The number of amides is 4. The number of hydrogen-bond acceptors (Lipinski definition) is 7. The van der Waals surface area contributed by atoms with Gasteiger partial charge in [0.1, 0.15) is 30.0 Å². The van der Waals surface area contributed by atoms with E-state index in [4.69, 9.17) is 10.5 Å². The van der Waals surface area contributed by atoms with Gasteiger partial charge in [-0.15, -0.1) is 0 Å². The lowest BCUT2D eigenvalue weighted by molar-refractivity contribution is -0.143. The van der Waals surface area contributed by atoms with Crippen molar-refractivity contribution in [1.82, 2.24) is 15.5 Å². The van der Waals surface area contributed by atoms with Gasteiger partial charge in [0, 0.05) is 5.54 Å². The Labute approximate surface area is 199 Å². The van der Waals surface area contributed by atoms with Crippen molar-refractivity contribution in [3.63, 3.8) is 0 Å². The van der Waals surface area contributed by atoms with Gasteiger partial charge < -0.3 is 31.1 Å². The lowest BCUT2D eigenvalue weighted by atomic mass is 10.00. The van der Waals surface area contributed by atoms with Crippen LogP contribution < -0.4 is 16.4 Å². The van der Waals surface area contributed by atoms with Crippen LogP contribution in [-0.4, -0.2) is 57.5 Å². The first-order valence-corrected chi connectivity index (χ1v) is 10.6. The van der Waals surface area contributed by atoms with Crippen LogP contribution in [0.15, 0.2) is 24.3 Å². The molecule has 0 aromatic heterocycles. The number of nitrogens with one attached hydrogen (secondary N) is 2. The summed E-state index contributed by atoms with van der Waals surface area (Å²) < 4.78 is 5.16. The second-order valence-electron chi connectivity index (χ2n) is 9.73. The van der Waals surface area contributed by atoms with Gasteiger partial charge in [-0.2, -0.15) is 5.26 Å². The van der Waals surface area contributed by atoms with E-state index in [1.165, 1.54) is 24.3 Å². The summed E-state index contributed by atoms with van der Waals surface area (Å²) in [7, 11) is 0. The molecule has 4 amide bonds. The molecule has 11 nitrogen and oxygen atoms in total. The monoisotopic (exact) mass is 475 g/mol. The Morgan fingerprint density at radius 2 is 1.79 bits per heavy atom. The highest BCUT2D eigenvalue weighted by atomic mass is 16.6. The number of alkyl carbamates (subject to hydrolysis) is 1. The van der Waals surface area contributed by atoms with E-state index in [9.17, 15) is 29.5 Å². The molecule has 34 heavy (non-hydrogen) atoms. The van der Waals surface area contributed by atoms with Crippen molar-refractivity contribution in [2.24, 2.45) is 5.73 Å². The van der Waals surface area contributed by atoms with Crippen molar-refractivity contribution in [1.29, 1.82) is 5.26 Å². The van der Waals surface area contributed by atoms with Crippen LogP contribution in [0.25, 0.3) is 0 Å². The van der Waals surface area contributed by atoms with Gasteiger partial charge in [0.05, 0.1) is 12.5 Å². The first-order chi connectivity index (χ1) is 15.5. The largest absolute Gasteiger partial charge is 0.508 e. The molecule has 0 spiro atoms. The zero-order valence-electron chi connectivity index (χ0n) is 20.3. The SMILES string of the molecule is CC(C)(C)NC(=O)C(c1cccc(O)c1)N(CC#N)C(=O)C(CC(N)=O)NC(=O)OC(C)(C)C. The van der Waals surface area contributed by atoms with Crippen LogP contribution in [0.2, 0.25) is 0 Å². The summed E-state index contributed by atoms with van der Waals surface area (Å²) in [4.78, 5) is 51.6. The molecule has 0 saturated heterocycles. The van der Waals surface area contributed by atoms with E-state index in [-0.39, 0.29) is 11.3 Å². The quantitative estimate of drug-likeness (QED) is 0.412. The summed E-state index contributed by atoms with van der Waals surface area (Å²) in [6.45, 7) is 9.52. The lowest BCUT2D eigenvalue weighted by Crippen LogP contribution is -2.55. The zero-order chi connectivity index (χ0) is 26.3. The Hall–Kier alpha value is -3.81. The molecule has 0 fully saturated rings. The van der Waals surface area contributed by atoms with Gasteiger partial charge in [0.25, 0.3) is 0 Å². The van der Waals surface area contributed by atoms with Gasteiger partial charge in [0.2, 0.25) is 17.7 Å². The summed E-state index contributed by atoms with van der Waals surface area (Å²) in [5.41, 5.74) is 3.93. The molecule has 0 bridgehead atoms. The second kappa shape index (κ2) is 11.4. The molecule has 0 aliphatic rings. The molecule has 2 atom stereocenters. The smallest absolute Gasteiger partial charge is 0.408 e. The normalized spacial score (nSPS) is 13.1. The van der Waals surface area contributed by atoms with Crippen molar-refractivity contribution >= 4 is 23.8 Å². The van der Waals surface area contributed by atoms with Crippen LogP contribution in [0, 0.1) is 11.3 Å². The third kappa shape index (κ3) is 9.36. The molecule has 0 aliphatic carbocycles. The minimum Gasteiger partial charge on any atom is -0.508 e. The molecule has 0 heterocycles. The predicted octanol–water partition coefficient (Wildman–Crippen LogP) is 1.47. The lowest BCUT2D eigenvalue weighted by Gasteiger charge is -2.34. The van der Waals surface area contributed by atoms with E-state index in [1.807, 2.05) is 6.07 Å². The van der Waals surface area contributed by atoms with Crippen LogP contribution in [0.3, 0.4) is 0 Å². The Morgan fingerprint density at radius 3 is 2.26 bits per heavy atom. The Balaban J connectivity index is 3.48. The van der Waals surface area contributed by atoms with Gasteiger partial charge >= 0.3 is 6.09 Å². The number of hydrogen-bond donors (Lipinski definition) is 4. The van der Waals surface area contributed by atoms with E-state index in [1.54, 1.807) is 41.5 Å². The van der Waals surface area contributed by atoms with E-state index in [0.29, 0.717) is 0 Å². The zero-order valence-corrected chi connectivity index (χ0v) is 20.3. The van der Waals surface area contributed by atoms with Crippen LogP contribution in [0.1, 0.15) is 59.6 Å². The average molecular weight is 476 g/mol. The number of aromatic hydroxyl groups is 1. The van der Waals surface area contributed by atoms with Gasteiger partial charge in [0.15, 0.2) is 0 Å². The van der Waals surface area contributed by atoms with E-state index < -0.39 is 60.0 Å². The topological polar surface area (TPSA) is 175 Å². The molecule has 2 unspecified atom stereocenters. The van der Waals surface area contributed by atoms with E-state index in [0.717, 1.165) is 4.90 Å². The van der Waals surface area contributed by atoms with Crippen molar-refractivity contribution in [3.8, 4) is 11.8 Å². The highest BCUT2D eigenvalue weighted by molar-refractivity contribution is 5.94. The highest BCUT2D eigenvalue weighted by Gasteiger charge is 2.38. The van der Waals surface area contributed by atoms with Crippen molar-refractivity contribution < 1.29 is 29.0 Å². The number of primary amides is 1. The minimum absolute atomic E-state index is 0.156. The number of phenols is 1. The third-order valence-corrected chi connectivity index (χ3v) is 4.16. The first-order valence-electron chi connectivity index (χ1n) is 10.6. The van der Waals surface area contributed by atoms with Crippen molar-refractivity contribution in [3.05, 3.63) is 29.8 Å². The molecule has 1 aromatic rings. The Bertz CT molecular complexity index is 958. The molecule has 11 heteroatoms. The van der Waals surface area contributed by atoms with Crippen LogP contribution in [0.5, 0.6) is 5.75 Å². The van der Waals surface area contributed by atoms with Crippen LogP contribution >= 0.6 is 0 Å². The van der Waals surface area contributed by atoms with Crippen LogP contribution in [-0.2, 0) is 19.1 Å². The number of phenolic OH excluding ortho intramolecular Hbond substituents is 1. The standard InChI is InChI=1S/C23H33N5O6/c1-22(2,3)27-19(31)18(14-8-7-9-15(29)12-14)28(11-10-24)20(32)16(13-17(25)30)26-21(33)34-23(4,5)6/h7-9,12,16,18,29H,11,13H2,1-6H3,(H2,25,30)(H,26,33)(H,27,31). The predicted molar refractivity (Wildman–Crippen MR) is 123 cm³/mol. The maximum Gasteiger partial charge on any atom is 0.408 e. The van der Waals surface area contributed by atoms with E-state index in [2.05, 4.69) is 10.6 Å². The van der Waals surface area contributed by atoms with Crippen molar-refractivity contribution in [2.45, 2.75) is 71.2 Å². The summed E-state index contributed by atoms with van der Waals surface area (Å²) in [5, 5.41) is 24.4. The number of carbonyl (C=O) groups excluding carboxylic acids is 4. The van der Waals surface area contributed by atoms with Crippen molar-refractivity contribution in [2.75, 3.05) is 6.54 Å². The molecule has 1 rings (SSSR count). The summed E-state index contributed by atoms with van der Waals surface area (Å²) in [6.07, 6.45) is -1.56. The second-order valence-corrected chi connectivity index (χ2v) is 9.73. The number of nitrogens with zero attached hydrogens (tertiary/aromatic N) is 2. The molecule has 186 valence electrons. The molecule has 5 N–H and O–H groups in total. The number of rotatable bonds is 8. The summed E-state index contributed by atoms with van der Waals surface area (Å²) >= 11 is 0. The summed E-state index contributed by atoms with van der Waals surface area (Å²) in [6, 6.07) is 4.65. The maximum atomic E-state index is 13.5. The molecular formula is C23H33N5O6. The number of nitrogens with two attached hydrogens (primary N) is 1. The van der Waals surface area contributed by atoms with Crippen LogP contribution in [0.4, 0.5) is 4.79 Å². The molecule has 0 saturated carbocycles. The summed E-state index contributed by atoms with van der Waals surface area (Å²) in [5.74, 6) is -2.57. The Morgan fingerprint density at radius 1 is 1.18 bits per heavy atom. The van der Waals surface area contributed by atoms with E-state index >= 15 is 0 Å². The Kier molecular flexibility index (Phi) is 9.43. The van der Waals surface area contributed by atoms with Gasteiger partial charge in [-0.3, -0.25) is 14.4 Å². The number of benzene rings is 1. The molecular weight excluding hydrogens is 442 g/mol. The van der Waals surface area contributed by atoms with Gasteiger partial charge in [-0.05, 0) is 59.2 Å². The fraction of sp³-hybridized carbons (Fsp3) is 0.522. The fourth-order valence-electron chi connectivity index (χ4n) is 3.03. The molecule has 1 aromatic carbocycles. The molecule has 0 radical (unpaired) electrons.